The number of pyridine rings is 2. The van der Waals surface area contributed by atoms with Crippen LogP contribution in [0.1, 0.15) is 26.3 Å². The van der Waals surface area contributed by atoms with Crippen molar-refractivity contribution in [3.8, 4) is 11.3 Å². The Morgan fingerprint density at radius 3 is 2.36 bits per heavy atom. The van der Waals surface area contributed by atoms with Crippen LogP contribution in [0, 0.1) is 5.92 Å². The fraction of sp³-hybridized carbons (Fsp3) is 0.312. The minimum Gasteiger partial charge on any atom is -0.409 e. The number of nitrogen functional groups attached to an aromatic ring is 1. The molecule has 0 spiro atoms. The molecule has 6 nitrogen and oxygen atoms in total. The molecule has 1 atom stereocenters. The second kappa shape index (κ2) is 6.01. The lowest BCUT2D eigenvalue weighted by molar-refractivity contribution is 0.306. The van der Waals surface area contributed by atoms with Crippen LogP contribution in [0.3, 0.4) is 0 Å². The van der Waals surface area contributed by atoms with Gasteiger partial charge >= 0.3 is 0 Å². The summed E-state index contributed by atoms with van der Waals surface area (Å²) in [6.45, 7) is 5.99. The average molecular weight is 299 g/mol. The van der Waals surface area contributed by atoms with Gasteiger partial charge in [-0.3, -0.25) is 4.98 Å². The van der Waals surface area contributed by atoms with Crippen molar-refractivity contribution in [2.45, 2.75) is 26.2 Å². The van der Waals surface area contributed by atoms with Crippen molar-refractivity contribution in [2.75, 3.05) is 5.73 Å². The summed E-state index contributed by atoms with van der Waals surface area (Å²) in [6.07, 6.45) is 3.44. The van der Waals surface area contributed by atoms with E-state index in [2.05, 4.69) is 15.1 Å². The fourth-order valence-electron chi connectivity index (χ4n) is 2.31. The Morgan fingerprint density at radius 2 is 1.91 bits per heavy atom. The van der Waals surface area contributed by atoms with Crippen LogP contribution in [0.4, 0.5) is 5.82 Å². The lowest BCUT2D eigenvalue weighted by Crippen LogP contribution is -2.43. The van der Waals surface area contributed by atoms with Crippen molar-refractivity contribution in [1.82, 2.24) is 9.97 Å². The van der Waals surface area contributed by atoms with E-state index in [0.29, 0.717) is 5.82 Å². The molecule has 2 rings (SSSR count). The van der Waals surface area contributed by atoms with E-state index in [9.17, 15) is 0 Å². The summed E-state index contributed by atoms with van der Waals surface area (Å²) in [7, 11) is 0. The zero-order chi connectivity index (χ0) is 16.3. The molecule has 0 aliphatic carbocycles. The summed E-state index contributed by atoms with van der Waals surface area (Å²) < 4.78 is 0. The Kier molecular flexibility index (Phi) is 4.30. The van der Waals surface area contributed by atoms with Crippen molar-refractivity contribution >= 4 is 11.7 Å². The summed E-state index contributed by atoms with van der Waals surface area (Å²) in [5, 5.41) is 12.3. The van der Waals surface area contributed by atoms with Crippen molar-refractivity contribution in [1.29, 1.82) is 0 Å². The lowest BCUT2D eigenvalue weighted by atomic mass is 9.73. The summed E-state index contributed by atoms with van der Waals surface area (Å²) in [5.41, 5.74) is 13.5. The molecular weight excluding hydrogens is 278 g/mol. The zero-order valence-corrected chi connectivity index (χ0v) is 13.0. The van der Waals surface area contributed by atoms with E-state index in [4.69, 9.17) is 16.7 Å². The number of aromatic nitrogens is 2. The van der Waals surface area contributed by atoms with Gasteiger partial charge in [-0.25, -0.2) is 4.98 Å². The van der Waals surface area contributed by atoms with Gasteiger partial charge in [0.05, 0.1) is 11.1 Å². The van der Waals surface area contributed by atoms with Crippen LogP contribution in [0.5, 0.6) is 0 Å². The van der Waals surface area contributed by atoms with Gasteiger partial charge in [0.15, 0.2) is 0 Å². The van der Waals surface area contributed by atoms with E-state index < -0.39 is 5.41 Å². The zero-order valence-electron chi connectivity index (χ0n) is 13.0. The first-order valence-corrected chi connectivity index (χ1v) is 7.06. The molecule has 2 aromatic heterocycles. The molecular formula is C16H21N5O. The van der Waals surface area contributed by atoms with Gasteiger partial charge < -0.3 is 16.7 Å². The Balaban J connectivity index is 2.41. The van der Waals surface area contributed by atoms with E-state index in [-0.39, 0.29) is 11.8 Å². The van der Waals surface area contributed by atoms with Gasteiger partial charge in [0.25, 0.3) is 0 Å². The van der Waals surface area contributed by atoms with Crippen LogP contribution in [-0.2, 0) is 5.41 Å². The van der Waals surface area contributed by atoms with Crippen LogP contribution in [-0.4, -0.2) is 21.0 Å². The number of amidine groups is 1. The number of nitrogens with zero attached hydrogens (tertiary/aromatic N) is 3. The van der Waals surface area contributed by atoms with Gasteiger partial charge in [-0.2, -0.15) is 0 Å². The van der Waals surface area contributed by atoms with Crippen molar-refractivity contribution < 1.29 is 5.21 Å². The highest BCUT2D eigenvalue weighted by Crippen LogP contribution is 2.32. The van der Waals surface area contributed by atoms with Crippen LogP contribution >= 0.6 is 0 Å². The molecule has 1 unspecified atom stereocenters. The minimum absolute atomic E-state index is 0.147. The van der Waals surface area contributed by atoms with Crippen molar-refractivity contribution in [2.24, 2.45) is 16.8 Å². The topological polar surface area (TPSA) is 110 Å². The van der Waals surface area contributed by atoms with Crippen LogP contribution < -0.4 is 11.5 Å². The molecule has 2 heterocycles. The number of oxime groups is 1. The summed E-state index contributed by atoms with van der Waals surface area (Å²) in [5.74, 6) is 0.792. The third kappa shape index (κ3) is 2.72. The van der Waals surface area contributed by atoms with E-state index in [1.54, 1.807) is 18.5 Å². The number of anilines is 1. The van der Waals surface area contributed by atoms with Crippen LogP contribution in [0.15, 0.2) is 41.8 Å². The van der Waals surface area contributed by atoms with Crippen LogP contribution in [0.2, 0.25) is 0 Å². The van der Waals surface area contributed by atoms with Gasteiger partial charge in [-0.1, -0.05) is 25.1 Å². The Labute approximate surface area is 129 Å². The Hall–Kier alpha value is -2.63. The third-order valence-electron chi connectivity index (χ3n) is 4.24. The van der Waals surface area contributed by atoms with E-state index in [1.165, 1.54) is 0 Å². The van der Waals surface area contributed by atoms with Crippen molar-refractivity contribution in [3.63, 3.8) is 0 Å². The highest BCUT2D eigenvalue weighted by Gasteiger charge is 2.35. The number of rotatable bonds is 4. The van der Waals surface area contributed by atoms with Gasteiger partial charge in [-0.15, -0.1) is 0 Å². The first-order chi connectivity index (χ1) is 10.4. The van der Waals surface area contributed by atoms with E-state index >= 15 is 0 Å². The summed E-state index contributed by atoms with van der Waals surface area (Å²) in [4.78, 5) is 8.53. The molecule has 0 amide bonds. The van der Waals surface area contributed by atoms with Crippen molar-refractivity contribution in [3.05, 3.63) is 42.2 Å². The standard InChI is InChI=1S/C16H21N5O/c1-10(2)16(3,15(18)21-22)12-5-6-13(19-9-12)11-4-7-14(17)20-8-11/h4-10,22H,1-3H3,(H2,17,20)(H2,18,21). The normalized spacial score (nSPS) is 14.8. The van der Waals surface area contributed by atoms with Gasteiger partial charge in [0, 0.05) is 18.0 Å². The lowest BCUT2D eigenvalue weighted by Gasteiger charge is -2.32. The van der Waals surface area contributed by atoms with E-state index in [1.807, 2.05) is 39.0 Å². The average Bonchev–Trinajstić information content (AvgIpc) is 2.54. The largest absolute Gasteiger partial charge is 0.409 e. The number of hydrogen-bond donors (Lipinski definition) is 3. The molecule has 0 aromatic carbocycles. The third-order valence-corrected chi connectivity index (χ3v) is 4.24. The molecule has 6 heteroatoms. The monoisotopic (exact) mass is 299 g/mol. The highest BCUT2D eigenvalue weighted by atomic mass is 16.4. The maximum Gasteiger partial charge on any atom is 0.149 e. The maximum atomic E-state index is 9.06. The van der Waals surface area contributed by atoms with E-state index in [0.717, 1.165) is 16.8 Å². The minimum atomic E-state index is -0.584. The Bertz CT molecular complexity index is 664. The molecule has 0 bridgehead atoms. The SMILES string of the molecule is CC(C)C(C)(C(N)=NO)c1ccc(-c2ccc(N)nc2)nc1. The molecule has 22 heavy (non-hydrogen) atoms. The highest BCUT2D eigenvalue weighted by molar-refractivity contribution is 5.91. The second-order valence-electron chi connectivity index (χ2n) is 5.75. The smallest absolute Gasteiger partial charge is 0.149 e. The first-order valence-electron chi connectivity index (χ1n) is 7.06. The molecule has 0 aliphatic rings. The van der Waals surface area contributed by atoms with Gasteiger partial charge in [0.2, 0.25) is 0 Å². The van der Waals surface area contributed by atoms with Gasteiger partial charge in [-0.05, 0) is 36.6 Å². The first kappa shape index (κ1) is 15.8. The predicted molar refractivity (Wildman–Crippen MR) is 87.5 cm³/mol. The molecule has 5 N–H and O–H groups in total. The molecule has 0 radical (unpaired) electrons. The Morgan fingerprint density at radius 1 is 1.18 bits per heavy atom. The molecule has 2 aromatic rings. The maximum absolute atomic E-state index is 9.06. The summed E-state index contributed by atoms with van der Waals surface area (Å²) >= 11 is 0. The van der Waals surface area contributed by atoms with Gasteiger partial charge in [0.1, 0.15) is 11.7 Å². The molecule has 116 valence electrons. The number of hydrogen-bond acceptors (Lipinski definition) is 5. The fourth-order valence-corrected chi connectivity index (χ4v) is 2.31. The quantitative estimate of drug-likeness (QED) is 0.347. The molecule has 0 saturated heterocycles. The summed E-state index contributed by atoms with van der Waals surface area (Å²) in [6, 6.07) is 7.44. The second-order valence-corrected chi connectivity index (χ2v) is 5.75. The van der Waals surface area contributed by atoms with Crippen LogP contribution in [0.25, 0.3) is 11.3 Å². The molecule has 0 saturated carbocycles. The molecule has 0 fully saturated rings. The molecule has 0 aliphatic heterocycles. The number of nitrogens with two attached hydrogens (primary N) is 2. The predicted octanol–water partition coefficient (Wildman–Crippen LogP) is 2.39.